The molecule has 112 valence electrons. The third kappa shape index (κ3) is 4.05. The van der Waals surface area contributed by atoms with Gasteiger partial charge in [-0.05, 0) is 32.9 Å². The van der Waals surface area contributed by atoms with Gasteiger partial charge >= 0.3 is 6.01 Å². The zero-order valence-corrected chi connectivity index (χ0v) is 12.7. The number of nitrogens with one attached hydrogen (secondary N) is 1. The minimum atomic E-state index is 0.300. The first kappa shape index (κ1) is 15.0. The fourth-order valence-electron chi connectivity index (χ4n) is 1.87. The molecule has 1 aromatic heterocycles. The summed E-state index contributed by atoms with van der Waals surface area (Å²) >= 11 is 0. The minimum Gasteiger partial charge on any atom is -0.424 e. The van der Waals surface area contributed by atoms with Crippen molar-refractivity contribution in [3.05, 3.63) is 30.3 Å². The van der Waals surface area contributed by atoms with E-state index in [9.17, 15) is 0 Å². The highest BCUT2D eigenvalue weighted by atomic mass is 16.5. The molecule has 1 N–H and O–H groups in total. The Labute approximate surface area is 125 Å². The summed E-state index contributed by atoms with van der Waals surface area (Å²) in [7, 11) is 0. The number of benzene rings is 1. The standard InChI is InChI=1S/C15H21N5O/c1-4-16-13-17-14(20(5-2)6-3)19-15(18-13)21-12-10-8-7-9-11-12/h7-11H,4-6H2,1-3H3,(H,16,17,18,19). The lowest BCUT2D eigenvalue weighted by Gasteiger charge is -2.19. The Morgan fingerprint density at radius 1 is 1.00 bits per heavy atom. The molecule has 0 aliphatic carbocycles. The molecular formula is C15H21N5O. The highest BCUT2D eigenvalue weighted by Crippen LogP contribution is 2.20. The average molecular weight is 287 g/mol. The smallest absolute Gasteiger partial charge is 0.328 e. The van der Waals surface area contributed by atoms with Crippen LogP contribution in [0.1, 0.15) is 20.8 Å². The van der Waals surface area contributed by atoms with Gasteiger partial charge in [0.05, 0.1) is 0 Å². The maximum Gasteiger partial charge on any atom is 0.328 e. The third-order valence-electron chi connectivity index (χ3n) is 2.94. The van der Waals surface area contributed by atoms with Crippen molar-refractivity contribution >= 4 is 11.9 Å². The Morgan fingerprint density at radius 2 is 1.71 bits per heavy atom. The lowest BCUT2D eigenvalue weighted by atomic mass is 10.3. The average Bonchev–Trinajstić information content (AvgIpc) is 2.50. The molecule has 21 heavy (non-hydrogen) atoms. The first-order valence-electron chi connectivity index (χ1n) is 7.24. The normalized spacial score (nSPS) is 10.2. The second kappa shape index (κ2) is 7.42. The number of ether oxygens (including phenoxy) is 1. The zero-order chi connectivity index (χ0) is 15.1. The van der Waals surface area contributed by atoms with E-state index in [1.807, 2.05) is 37.3 Å². The van der Waals surface area contributed by atoms with Gasteiger partial charge < -0.3 is 15.0 Å². The van der Waals surface area contributed by atoms with Gasteiger partial charge in [0.25, 0.3) is 0 Å². The maximum atomic E-state index is 5.72. The van der Waals surface area contributed by atoms with E-state index in [4.69, 9.17) is 4.74 Å². The van der Waals surface area contributed by atoms with Crippen LogP contribution in [-0.4, -0.2) is 34.6 Å². The molecule has 0 unspecified atom stereocenters. The highest BCUT2D eigenvalue weighted by Gasteiger charge is 2.12. The first-order chi connectivity index (χ1) is 10.3. The molecule has 0 atom stereocenters. The van der Waals surface area contributed by atoms with E-state index in [-0.39, 0.29) is 0 Å². The molecule has 6 heteroatoms. The molecule has 0 saturated heterocycles. The van der Waals surface area contributed by atoms with E-state index in [1.54, 1.807) is 0 Å². The molecule has 2 rings (SSSR count). The SMILES string of the molecule is CCNc1nc(Oc2ccccc2)nc(N(CC)CC)n1. The summed E-state index contributed by atoms with van der Waals surface area (Å²) in [6.45, 7) is 8.54. The Bertz CT molecular complexity index is 557. The predicted molar refractivity (Wildman–Crippen MR) is 84.1 cm³/mol. The maximum absolute atomic E-state index is 5.72. The number of para-hydroxylation sites is 1. The van der Waals surface area contributed by atoms with Crippen molar-refractivity contribution < 1.29 is 4.74 Å². The third-order valence-corrected chi connectivity index (χ3v) is 2.94. The van der Waals surface area contributed by atoms with Crippen LogP contribution in [0, 0.1) is 0 Å². The second-order valence-corrected chi connectivity index (χ2v) is 4.36. The summed E-state index contributed by atoms with van der Waals surface area (Å²) < 4.78 is 5.72. The lowest BCUT2D eigenvalue weighted by Crippen LogP contribution is -2.25. The molecule has 0 radical (unpaired) electrons. The van der Waals surface area contributed by atoms with Gasteiger partial charge in [-0.15, -0.1) is 0 Å². The quantitative estimate of drug-likeness (QED) is 0.844. The molecule has 0 aliphatic heterocycles. The summed E-state index contributed by atoms with van der Waals surface area (Å²) in [6.07, 6.45) is 0. The van der Waals surface area contributed by atoms with Gasteiger partial charge in [-0.25, -0.2) is 0 Å². The highest BCUT2D eigenvalue weighted by molar-refractivity contribution is 5.39. The van der Waals surface area contributed by atoms with Crippen molar-refractivity contribution in [3.63, 3.8) is 0 Å². The molecule has 0 spiro atoms. The van der Waals surface area contributed by atoms with Gasteiger partial charge in [0.1, 0.15) is 5.75 Å². The molecular weight excluding hydrogens is 266 g/mol. The summed E-state index contributed by atoms with van der Waals surface area (Å²) in [5, 5.41) is 3.11. The van der Waals surface area contributed by atoms with Crippen LogP contribution in [0.4, 0.5) is 11.9 Å². The van der Waals surface area contributed by atoms with Gasteiger partial charge in [0.2, 0.25) is 11.9 Å². The Morgan fingerprint density at radius 3 is 2.33 bits per heavy atom. The van der Waals surface area contributed by atoms with Gasteiger partial charge in [-0.1, -0.05) is 18.2 Å². The molecule has 0 bridgehead atoms. The van der Waals surface area contributed by atoms with Crippen LogP contribution < -0.4 is 15.0 Å². The number of aromatic nitrogens is 3. The predicted octanol–water partition coefficient (Wildman–Crippen LogP) is 2.94. The van der Waals surface area contributed by atoms with Crippen molar-refractivity contribution in [2.75, 3.05) is 29.9 Å². The molecule has 0 fully saturated rings. The topological polar surface area (TPSA) is 63.2 Å². The molecule has 0 amide bonds. The van der Waals surface area contributed by atoms with Gasteiger partial charge in [0, 0.05) is 19.6 Å². The number of hydrogen-bond donors (Lipinski definition) is 1. The molecule has 2 aromatic rings. The molecule has 0 aliphatic rings. The van der Waals surface area contributed by atoms with Crippen LogP contribution in [0.15, 0.2) is 30.3 Å². The lowest BCUT2D eigenvalue weighted by molar-refractivity contribution is 0.440. The molecule has 6 nitrogen and oxygen atoms in total. The first-order valence-corrected chi connectivity index (χ1v) is 7.24. The van der Waals surface area contributed by atoms with E-state index in [1.165, 1.54) is 0 Å². The van der Waals surface area contributed by atoms with E-state index >= 15 is 0 Å². The van der Waals surface area contributed by atoms with Crippen LogP contribution in [0.2, 0.25) is 0 Å². The Balaban J connectivity index is 2.30. The molecule has 0 saturated carbocycles. The van der Waals surface area contributed by atoms with Crippen molar-refractivity contribution in [2.45, 2.75) is 20.8 Å². The monoisotopic (exact) mass is 287 g/mol. The van der Waals surface area contributed by atoms with Crippen LogP contribution >= 0.6 is 0 Å². The summed E-state index contributed by atoms with van der Waals surface area (Å²) in [5.41, 5.74) is 0. The van der Waals surface area contributed by atoms with E-state index in [0.29, 0.717) is 23.7 Å². The zero-order valence-electron chi connectivity index (χ0n) is 12.7. The number of nitrogens with zero attached hydrogens (tertiary/aromatic N) is 4. The molecule has 1 aromatic carbocycles. The van der Waals surface area contributed by atoms with E-state index in [2.05, 4.69) is 39.0 Å². The summed E-state index contributed by atoms with van der Waals surface area (Å²) in [6, 6.07) is 9.79. The number of anilines is 2. The fraction of sp³-hybridized carbons (Fsp3) is 0.400. The Hall–Kier alpha value is -2.37. The van der Waals surface area contributed by atoms with Crippen LogP contribution in [0.3, 0.4) is 0 Å². The van der Waals surface area contributed by atoms with Crippen LogP contribution in [0.25, 0.3) is 0 Å². The minimum absolute atomic E-state index is 0.300. The van der Waals surface area contributed by atoms with Crippen LogP contribution in [-0.2, 0) is 0 Å². The van der Waals surface area contributed by atoms with Gasteiger partial charge in [-0.2, -0.15) is 15.0 Å². The fourth-order valence-corrected chi connectivity index (χ4v) is 1.87. The van der Waals surface area contributed by atoms with Crippen molar-refractivity contribution in [2.24, 2.45) is 0 Å². The number of rotatable bonds is 7. The summed E-state index contributed by atoms with van der Waals surface area (Å²) in [4.78, 5) is 15.2. The van der Waals surface area contributed by atoms with Crippen molar-refractivity contribution in [1.29, 1.82) is 0 Å². The van der Waals surface area contributed by atoms with Gasteiger partial charge in [0.15, 0.2) is 0 Å². The Kier molecular flexibility index (Phi) is 5.31. The van der Waals surface area contributed by atoms with Gasteiger partial charge in [-0.3, -0.25) is 0 Å². The van der Waals surface area contributed by atoms with Crippen LogP contribution in [0.5, 0.6) is 11.8 Å². The number of hydrogen-bond acceptors (Lipinski definition) is 6. The summed E-state index contributed by atoms with van der Waals surface area (Å²) in [5.74, 6) is 1.86. The second-order valence-electron chi connectivity index (χ2n) is 4.36. The van der Waals surface area contributed by atoms with Crippen molar-refractivity contribution in [3.8, 4) is 11.8 Å². The molecule has 1 heterocycles. The van der Waals surface area contributed by atoms with E-state index in [0.717, 1.165) is 19.6 Å². The largest absolute Gasteiger partial charge is 0.424 e. The van der Waals surface area contributed by atoms with Crippen molar-refractivity contribution in [1.82, 2.24) is 15.0 Å². The van der Waals surface area contributed by atoms with E-state index < -0.39 is 0 Å².